The van der Waals surface area contributed by atoms with E-state index in [1.54, 1.807) is 12.4 Å². The minimum absolute atomic E-state index is 0.141. The van der Waals surface area contributed by atoms with Gasteiger partial charge in [-0.2, -0.15) is 0 Å². The Kier molecular flexibility index (Phi) is 5.49. The number of hydrogen-bond acceptors (Lipinski definition) is 3. The van der Waals surface area contributed by atoms with E-state index in [1.807, 2.05) is 25.3 Å². The Labute approximate surface area is 165 Å². The predicted octanol–water partition coefficient (Wildman–Crippen LogP) is 3.30. The molecule has 1 N–H and O–H groups in total. The van der Waals surface area contributed by atoms with E-state index in [1.165, 1.54) is 12.0 Å². The van der Waals surface area contributed by atoms with Crippen LogP contribution < -0.4 is 0 Å². The summed E-state index contributed by atoms with van der Waals surface area (Å²) in [7, 11) is 0. The van der Waals surface area contributed by atoms with Gasteiger partial charge in [-0.1, -0.05) is 12.1 Å². The van der Waals surface area contributed by atoms with Crippen LogP contribution in [0.25, 0.3) is 0 Å². The fraction of sp³-hybridized carbons (Fsp3) is 0.545. The van der Waals surface area contributed by atoms with Gasteiger partial charge in [-0.3, -0.25) is 9.69 Å². The lowest BCUT2D eigenvalue weighted by Gasteiger charge is -2.48. The van der Waals surface area contributed by atoms with Gasteiger partial charge < -0.3 is 9.88 Å². The van der Waals surface area contributed by atoms with E-state index in [4.69, 9.17) is 0 Å². The number of nitrogens with zero attached hydrogens (tertiary/aromatic N) is 3. The molecule has 6 heteroatoms. The third kappa shape index (κ3) is 4.27. The van der Waals surface area contributed by atoms with E-state index in [2.05, 4.69) is 19.8 Å². The van der Waals surface area contributed by atoms with Crippen molar-refractivity contribution in [2.24, 2.45) is 5.41 Å². The number of carbonyl (C=O) groups is 1. The lowest BCUT2D eigenvalue weighted by Crippen LogP contribution is -2.54. The maximum absolute atomic E-state index is 13.6. The van der Waals surface area contributed by atoms with Crippen LogP contribution >= 0.6 is 0 Å². The van der Waals surface area contributed by atoms with Gasteiger partial charge in [-0.15, -0.1) is 0 Å². The zero-order chi connectivity index (χ0) is 19.6. The smallest absolute Gasteiger partial charge is 0.222 e. The number of aryl methyl sites for hydroxylation is 1. The standard InChI is InChI=1S/C22H29FN4O/c1-17-11-18(3-4-20(17)23)13-26-9-2-7-22(14-26)8-5-21(28)27(15-22)10-6-19-12-24-16-25-19/h3-4,11-12,16H,2,5-10,13-15H2,1H3,(H,24,25)/t22-/m1/s1. The monoisotopic (exact) mass is 384 g/mol. The van der Waals surface area contributed by atoms with Gasteiger partial charge in [0.05, 0.1) is 6.33 Å². The molecule has 2 saturated heterocycles. The van der Waals surface area contributed by atoms with Crippen LogP contribution in [0.2, 0.25) is 0 Å². The molecule has 0 aliphatic carbocycles. The molecule has 1 amide bonds. The van der Waals surface area contributed by atoms with Gasteiger partial charge in [0.15, 0.2) is 0 Å². The largest absolute Gasteiger partial charge is 0.348 e. The number of rotatable bonds is 5. The molecule has 2 fully saturated rings. The van der Waals surface area contributed by atoms with Gasteiger partial charge in [0.2, 0.25) is 5.91 Å². The fourth-order valence-electron chi connectivity index (χ4n) is 4.82. The highest BCUT2D eigenvalue weighted by atomic mass is 19.1. The van der Waals surface area contributed by atoms with E-state index < -0.39 is 0 Å². The van der Waals surface area contributed by atoms with Crippen LogP contribution in [0.1, 0.15) is 42.5 Å². The van der Waals surface area contributed by atoms with Crippen molar-refractivity contribution in [2.45, 2.75) is 45.6 Å². The predicted molar refractivity (Wildman–Crippen MR) is 106 cm³/mol. The molecule has 0 saturated carbocycles. The Balaban J connectivity index is 1.40. The summed E-state index contributed by atoms with van der Waals surface area (Å²) in [5, 5.41) is 0. The number of aromatic nitrogens is 2. The normalized spacial score (nSPS) is 23.5. The minimum atomic E-state index is -0.141. The molecule has 0 bridgehead atoms. The molecule has 0 radical (unpaired) electrons. The Hall–Kier alpha value is -2.21. The fourth-order valence-corrected chi connectivity index (χ4v) is 4.82. The molecule has 3 heterocycles. The van der Waals surface area contributed by atoms with Gasteiger partial charge >= 0.3 is 0 Å². The number of piperidine rings is 2. The second kappa shape index (κ2) is 8.03. The van der Waals surface area contributed by atoms with Crippen molar-refractivity contribution in [3.63, 3.8) is 0 Å². The summed E-state index contributed by atoms with van der Waals surface area (Å²) in [4.78, 5) is 24.2. The Morgan fingerprint density at radius 2 is 2.18 bits per heavy atom. The quantitative estimate of drug-likeness (QED) is 0.861. The average Bonchev–Trinajstić information content (AvgIpc) is 3.20. The summed E-state index contributed by atoms with van der Waals surface area (Å²) < 4.78 is 13.6. The molecule has 1 aromatic carbocycles. The summed E-state index contributed by atoms with van der Waals surface area (Å²) in [5.74, 6) is 0.133. The van der Waals surface area contributed by atoms with Crippen molar-refractivity contribution in [2.75, 3.05) is 26.2 Å². The van der Waals surface area contributed by atoms with Crippen LogP contribution in [0.15, 0.2) is 30.7 Å². The van der Waals surface area contributed by atoms with Crippen LogP contribution in [0.5, 0.6) is 0 Å². The molecule has 1 atom stereocenters. The Morgan fingerprint density at radius 3 is 2.96 bits per heavy atom. The van der Waals surface area contributed by atoms with E-state index in [0.29, 0.717) is 12.0 Å². The zero-order valence-electron chi connectivity index (χ0n) is 16.6. The molecule has 1 spiro atoms. The van der Waals surface area contributed by atoms with Crippen molar-refractivity contribution >= 4 is 5.91 Å². The SMILES string of the molecule is Cc1cc(CN2CCC[C@@]3(CCC(=O)N(CCc4cnc[nH]4)C3)C2)ccc1F. The summed E-state index contributed by atoms with van der Waals surface area (Å²) >= 11 is 0. The number of aromatic amines is 1. The van der Waals surface area contributed by atoms with Crippen molar-refractivity contribution in [1.82, 2.24) is 19.8 Å². The molecule has 2 aliphatic rings. The van der Waals surface area contributed by atoms with Crippen molar-refractivity contribution in [1.29, 1.82) is 0 Å². The second-order valence-corrected chi connectivity index (χ2v) is 8.54. The molecule has 5 nitrogen and oxygen atoms in total. The van der Waals surface area contributed by atoms with Crippen molar-refractivity contribution < 1.29 is 9.18 Å². The minimum Gasteiger partial charge on any atom is -0.348 e. The molecular formula is C22H29FN4O. The van der Waals surface area contributed by atoms with Crippen LogP contribution in [0.4, 0.5) is 4.39 Å². The first-order valence-corrected chi connectivity index (χ1v) is 10.3. The highest BCUT2D eigenvalue weighted by molar-refractivity contribution is 5.77. The zero-order valence-corrected chi connectivity index (χ0v) is 16.6. The summed E-state index contributed by atoms with van der Waals surface area (Å²) in [6, 6.07) is 5.42. The maximum Gasteiger partial charge on any atom is 0.222 e. The topological polar surface area (TPSA) is 52.2 Å². The first-order chi connectivity index (χ1) is 13.5. The summed E-state index contributed by atoms with van der Waals surface area (Å²) in [6.07, 6.45) is 8.29. The highest BCUT2D eigenvalue weighted by Crippen LogP contribution is 2.39. The summed E-state index contributed by atoms with van der Waals surface area (Å²) in [6.45, 7) is 6.35. The molecule has 28 heavy (non-hydrogen) atoms. The number of likely N-dealkylation sites (tertiary alicyclic amines) is 2. The van der Waals surface area contributed by atoms with Gasteiger partial charge in [0.1, 0.15) is 5.82 Å². The van der Waals surface area contributed by atoms with Crippen LogP contribution in [-0.4, -0.2) is 51.9 Å². The lowest BCUT2D eigenvalue weighted by molar-refractivity contribution is -0.139. The number of imidazole rings is 1. The van der Waals surface area contributed by atoms with Gasteiger partial charge in [-0.05, 0) is 49.9 Å². The third-order valence-electron chi connectivity index (χ3n) is 6.32. The van der Waals surface area contributed by atoms with Crippen LogP contribution in [0.3, 0.4) is 0 Å². The number of benzene rings is 1. The number of amides is 1. The Bertz CT molecular complexity index is 822. The number of H-pyrrole nitrogens is 1. The van der Waals surface area contributed by atoms with Gasteiger partial charge in [0, 0.05) is 56.3 Å². The average molecular weight is 384 g/mol. The maximum atomic E-state index is 13.6. The number of hydrogen-bond donors (Lipinski definition) is 1. The first kappa shape index (κ1) is 19.1. The molecule has 2 aliphatic heterocycles. The van der Waals surface area contributed by atoms with Gasteiger partial charge in [0.25, 0.3) is 0 Å². The van der Waals surface area contributed by atoms with Crippen molar-refractivity contribution in [3.05, 3.63) is 53.4 Å². The highest BCUT2D eigenvalue weighted by Gasteiger charge is 2.41. The molecule has 4 rings (SSSR count). The van der Waals surface area contributed by atoms with Crippen molar-refractivity contribution in [3.8, 4) is 0 Å². The number of halogens is 1. The van der Waals surface area contributed by atoms with Crippen LogP contribution in [0, 0.1) is 18.2 Å². The van der Waals surface area contributed by atoms with E-state index in [9.17, 15) is 9.18 Å². The second-order valence-electron chi connectivity index (χ2n) is 8.54. The number of carbonyl (C=O) groups excluding carboxylic acids is 1. The Morgan fingerprint density at radius 1 is 1.29 bits per heavy atom. The molecule has 0 unspecified atom stereocenters. The lowest BCUT2D eigenvalue weighted by atomic mass is 9.73. The first-order valence-electron chi connectivity index (χ1n) is 10.3. The molecule has 2 aromatic rings. The van der Waals surface area contributed by atoms with Gasteiger partial charge in [-0.25, -0.2) is 9.37 Å². The summed E-state index contributed by atoms with van der Waals surface area (Å²) in [5.41, 5.74) is 3.13. The third-order valence-corrected chi connectivity index (χ3v) is 6.32. The van der Waals surface area contributed by atoms with E-state index in [-0.39, 0.29) is 17.1 Å². The molecular weight excluding hydrogens is 355 g/mol. The van der Waals surface area contributed by atoms with Crippen LogP contribution in [-0.2, 0) is 17.8 Å². The van der Waals surface area contributed by atoms with E-state index >= 15 is 0 Å². The number of nitrogens with one attached hydrogen (secondary N) is 1. The van der Waals surface area contributed by atoms with E-state index in [0.717, 1.165) is 57.7 Å². The molecule has 150 valence electrons. The molecule has 1 aromatic heterocycles.